The minimum absolute atomic E-state index is 0.0722. The van der Waals surface area contributed by atoms with Gasteiger partial charge in [-0.05, 0) is 20.3 Å². The molecule has 0 saturated carbocycles. The van der Waals surface area contributed by atoms with Crippen LogP contribution in [0.3, 0.4) is 0 Å². The van der Waals surface area contributed by atoms with Crippen LogP contribution in [-0.2, 0) is 9.47 Å². The number of hydrogen-bond donors (Lipinski definition) is 1. The normalized spacial score (nSPS) is 25.9. The van der Waals surface area contributed by atoms with Crippen molar-refractivity contribution in [3.63, 3.8) is 0 Å². The van der Waals surface area contributed by atoms with E-state index in [0.29, 0.717) is 6.42 Å². The zero-order valence-electron chi connectivity index (χ0n) is 14.1. The van der Waals surface area contributed by atoms with Gasteiger partial charge in [0.05, 0.1) is 12.2 Å². The zero-order valence-corrected chi connectivity index (χ0v) is 14.1. The van der Waals surface area contributed by atoms with Crippen molar-refractivity contribution in [2.75, 3.05) is 0 Å². The average Bonchev–Trinajstić information content (AvgIpc) is 2.72. The van der Waals surface area contributed by atoms with Crippen LogP contribution < -0.4 is 0 Å². The highest BCUT2D eigenvalue weighted by atomic mass is 16.7. The number of rotatable bonds is 11. The predicted octanol–water partition coefficient (Wildman–Crippen LogP) is 4.58. The first-order chi connectivity index (χ1) is 9.98. The molecule has 0 aromatic heterocycles. The van der Waals surface area contributed by atoms with E-state index in [2.05, 4.69) is 13.5 Å². The number of aliphatic hydroxyl groups excluding tert-OH is 1. The molecule has 1 aliphatic rings. The summed E-state index contributed by atoms with van der Waals surface area (Å²) in [5, 5.41) is 10.2. The van der Waals surface area contributed by atoms with E-state index < -0.39 is 5.79 Å². The number of unbranched alkanes of at least 4 members (excludes halogenated alkanes) is 6. The molecule has 1 rings (SSSR count). The zero-order chi connectivity index (χ0) is 15.7. The van der Waals surface area contributed by atoms with Gasteiger partial charge in [0, 0.05) is 6.42 Å². The standard InChI is InChI=1S/C18H34O3/c1-5-7-8-9-10-11-12-13-15(19)14-17-16(6-2)20-18(3,4)21-17/h6,15-17,19H,2,5,7-14H2,1,3-4H3/t15-,16+,17+/m1/s1. The highest BCUT2D eigenvalue weighted by molar-refractivity contribution is 4.93. The summed E-state index contributed by atoms with van der Waals surface area (Å²) in [7, 11) is 0. The molecule has 0 aromatic rings. The van der Waals surface area contributed by atoms with Crippen LogP contribution in [0, 0.1) is 0 Å². The van der Waals surface area contributed by atoms with E-state index in [0.717, 1.165) is 12.8 Å². The second-order valence-electron chi connectivity index (χ2n) is 6.67. The minimum atomic E-state index is -0.567. The Bertz CT molecular complexity index is 288. The second kappa shape index (κ2) is 9.60. The lowest BCUT2D eigenvalue weighted by molar-refractivity contribution is -0.145. The lowest BCUT2D eigenvalue weighted by atomic mass is 10.0. The molecule has 0 aliphatic carbocycles. The second-order valence-corrected chi connectivity index (χ2v) is 6.67. The summed E-state index contributed by atoms with van der Waals surface area (Å²) in [6.45, 7) is 9.85. The summed E-state index contributed by atoms with van der Waals surface area (Å²) in [6.07, 6.45) is 11.7. The fourth-order valence-corrected chi connectivity index (χ4v) is 2.97. The molecule has 3 nitrogen and oxygen atoms in total. The molecule has 1 fully saturated rings. The van der Waals surface area contributed by atoms with Gasteiger partial charge in [-0.25, -0.2) is 0 Å². The third-order valence-corrected chi connectivity index (χ3v) is 4.10. The van der Waals surface area contributed by atoms with Crippen molar-refractivity contribution in [1.29, 1.82) is 0 Å². The molecule has 3 heteroatoms. The molecule has 3 atom stereocenters. The largest absolute Gasteiger partial charge is 0.393 e. The van der Waals surface area contributed by atoms with Crippen LogP contribution in [0.1, 0.15) is 78.6 Å². The van der Waals surface area contributed by atoms with Crippen molar-refractivity contribution in [2.24, 2.45) is 0 Å². The summed E-state index contributed by atoms with van der Waals surface area (Å²) >= 11 is 0. The molecule has 0 aromatic carbocycles. The first-order valence-corrected chi connectivity index (χ1v) is 8.64. The maximum Gasteiger partial charge on any atom is 0.164 e. The minimum Gasteiger partial charge on any atom is -0.393 e. The molecule has 0 spiro atoms. The van der Waals surface area contributed by atoms with Gasteiger partial charge < -0.3 is 14.6 Å². The van der Waals surface area contributed by atoms with Crippen LogP contribution in [-0.4, -0.2) is 29.2 Å². The van der Waals surface area contributed by atoms with Crippen molar-refractivity contribution >= 4 is 0 Å². The molecule has 0 amide bonds. The van der Waals surface area contributed by atoms with E-state index in [1.807, 2.05) is 13.8 Å². The molecule has 21 heavy (non-hydrogen) atoms. The van der Waals surface area contributed by atoms with Gasteiger partial charge in [-0.2, -0.15) is 0 Å². The first kappa shape index (κ1) is 18.7. The van der Waals surface area contributed by atoms with E-state index in [4.69, 9.17) is 9.47 Å². The topological polar surface area (TPSA) is 38.7 Å². The van der Waals surface area contributed by atoms with Crippen molar-refractivity contribution in [2.45, 2.75) is 103 Å². The lowest BCUT2D eigenvalue weighted by Crippen LogP contribution is -2.26. The maximum absolute atomic E-state index is 10.2. The third kappa shape index (κ3) is 7.44. The van der Waals surface area contributed by atoms with Crippen molar-refractivity contribution in [1.82, 2.24) is 0 Å². The molecule has 0 bridgehead atoms. The van der Waals surface area contributed by atoms with Crippen LogP contribution in [0.5, 0.6) is 0 Å². The van der Waals surface area contributed by atoms with Crippen molar-refractivity contribution in [3.05, 3.63) is 12.7 Å². The van der Waals surface area contributed by atoms with Gasteiger partial charge in [0.1, 0.15) is 6.10 Å². The molecule has 0 unspecified atom stereocenters. The van der Waals surface area contributed by atoms with Crippen molar-refractivity contribution in [3.8, 4) is 0 Å². The molecule has 1 heterocycles. The SMILES string of the molecule is C=C[C@@H]1OC(C)(C)O[C@H]1C[C@H](O)CCCCCCCCC. The highest BCUT2D eigenvalue weighted by Crippen LogP contribution is 2.31. The van der Waals surface area contributed by atoms with Gasteiger partial charge >= 0.3 is 0 Å². The quantitative estimate of drug-likeness (QED) is 0.448. The highest BCUT2D eigenvalue weighted by Gasteiger charge is 2.40. The Labute approximate surface area is 130 Å². The smallest absolute Gasteiger partial charge is 0.164 e. The van der Waals surface area contributed by atoms with Gasteiger partial charge in [-0.3, -0.25) is 0 Å². The van der Waals surface area contributed by atoms with E-state index in [1.54, 1.807) is 6.08 Å². The Morgan fingerprint density at radius 1 is 1.10 bits per heavy atom. The molecular weight excluding hydrogens is 264 g/mol. The third-order valence-electron chi connectivity index (χ3n) is 4.10. The van der Waals surface area contributed by atoms with Gasteiger partial charge in [-0.15, -0.1) is 6.58 Å². The molecular formula is C18H34O3. The van der Waals surface area contributed by atoms with E-state index in [9.17, 15) is 5.11 Å². The first-order valence-electron chi connectivity index (χ1n) is 8.64. The Morgan fingerprint density at radius 2 is 1.71 bits per heavy atom. The van der Waals surface area contributed by atoms with Crippen LogP contribution in [0.4, 0.5) is 0 Å². The maximum atomic E-state index is 10.2. The molecule has 124 valence electrons. The predicted molar refractivity (Wildman–Crippen MR) is 87.3 cm³/mol. The average molecular weight is 298 g/mol. The van der Waals surface area contributed by atoms with Crippen LogP contribution in [0.2, 0.25) is 0 Å². The van der Waals surface area contributed by atoms with Gasteiger partial charge in [0.25, 0.3) is 0 Å². The fraction of sp³-hybridized carbons (Fsp3) is 0.889. The Morgan fingerprint density at radius 3 is 2.33 bits per heavy atom. The van der Waals surface area contributed by atoms with Gasteiger partial charge in [0.15, 0.2) is 5.79 Å². The fourth-order valence-electron chi connectivity index (χ4n) is 2.97. The summed E-state index contributed by atoms with van der Waals surface area (Å²) in [6, 6.07) is 0. The lowest BCUT2D eigenvalue weighted by Gasteiger charge is -2.19. The molecule has 1 N–H and O–H groups in total. The Hall–Kier alpha value is -0.380. The number of aliphatic hydroxyl groups is 1. The molecule has 0 radical (unpaired) electrons. The number of hydrogen-bond acceptors (Lipinski definition) is 3. The summed E-state index contributed by atoms with van der Waals surface area (Å²) < 4.78 is 11.6. The van der Waals surface area contributed by atoms with Crippen LogP contribution >= 0.6 is 0 Å². The van der Waals surface area contributed by atoms with Gasteiger partial charge in [-0.1, -0.05) is 57.9 Å². The summed E-state index contributed by atoms with van der Waals surface area (Å²) in [4.78, 5) is 0. The monoisotopic (exact) mass is 298 g/mol. The summed E-state index contributed by atoms with van der Waals surface area (Å²) in [5.41, 5.74) is 0. The van der Waals surface area contributed by atoms with E-state index in [-0.39, 0.29) is 18.3 Å². The van der Waals surface area contributed by atoms with Crippen molar-refractivity contribution < 1.29 is 14.6 Å². The van der Waals surface area contributed by atoms with E-state index >= 15 is 0 Å². The Kier molecular flexibility index (Phi) is 8.53. The summed E-state index contributed by atoms with van der Waals surface area (Å²) in [5.74, 6) is -0.567. The van der Waals surface area contributed by atoms with Gasteiger partial charge in [0.2, 0.25) is 0 Å². The van der Waals surface area contributed by atoms with E-state index in [1.165, 1.54) is 38.5 Å². The van der Waals surface area contributed by atoms with Crippen LogP contribution in [0.15, 0.2) is 12.7 Å². The van der Waals surface area contributed by atoms with Crippen LogP contribution in [0.25, 0.3) is 0 Å². The molecule has 1 aliphatic heterocycles. The Balaban J connectivity index is 2.13. The number of ether oxygens (including phenoxy) is 2. The molecule has 1 saturated heterocycles.